The molecule has 0 spiro atoms. The molecule has 0 bridgehead atoms. The van der Waals surface area contributed by atoms with Crippen molar-refractivity contribution in [2.45, 2.75) is 31.6 Å². The summed E-state index contributed by atoms with van der Waals surface area (Å²) in [6.07, 6.45) is 2.06. The predicted molar refractivity (Wildman–Crippen MR) is 98.3 cm³/mol. The van der Waals surface area contributed by atoms with Crippen LogP contribution in [0.1, 0.15) is 37.3 Å². The van der Waals surface area contributed by atoms with Crippen LogP contribution in [0.2, 0.25) is 0 Å². The van der Waals surface area contributed by atoms with Gasteiger partial charge < -0.3 is 14.2 Å². The van der Waals surface area contributed by atoms with E-state index in [0.717, 1.165) is 35.5 Å². The molecule has 0 aliphatic heterocycles. The minimum Gasteiger partial charge on any atom is -0.497 e. The predicted octanol–water partition coefficient (Wildman–Crippen LogP) is 4.35. The van der Waals surface area contributed by atoms with E-state index in [-0.39, 0.29) is 12.4 Å². The molecule has 0 atom stereocenters. The minimum absolute atomic E-state index is 0.222. The largest absolute Gasteiger partial charge is 0.497 e. The van der Waals surface area contributed by atoms with Crippen molar-refractivity contribution in [1.82, 2.24) is 0 Å². The second-order valence-corrected chi connectivity index (χ2v) is 6.04. The van der Waals surface area contributed by atoms with Crippen molar-refractivity contribution in [2.24, 2.45) is 0 Å². The Bertz CT molecular complexity index is 627. The molecule has 0 radical (unpaired) electrons. The molecular formula is C21H26O4. The van der Waals surface area contributed by atoms with Crippen molar-refractivity contribution in [3.8, 4) is 11.5 Å². The Morgan fingerprint density at radius 3 is 1.60 bits per heavy atom. The Kier molecular flexibility index (Phi) is 6.45. The molecule has 2 rings (SSSR count). The first-order valence-corrected chi connectivity index (χ1v) is 8.45. The van der Waals surface area contributed by atoms with Crippen molar-refractivity contribution < 1.29 is 19.0 Å². The van der Waals surface area contributed by atoms with Crippen LogP contribution < -0.4 is 9.47 Å². The monoisotopic (exact) mass is 342 g/mol. The van der Waals surface area contributed by atoms with E-state index in [2.05, 4.69) is 6.92 Å². The van der Waals surface area contributed by atoms with Crippen molar-refractivity contribution in [1.29, 1.82) is 0 Å². The van der Waals surface area contributed by atoms with Gasteiger partial charge in [-0.25, -0.2) is 0 Å². The van der Waals surface area contributed by atoms with E-state index in [9.17, 15) is 4.79 Å². The fourth-order valence-electron chi connectivity index (χ4n) is 3.31. The Morgan fingerprint density at radius 2 is 1.28 bits per heavy atom. The molecule has 2 aromatic carbocycles. The highest BCUT2D eigenvalue weighted by Crippen LogP contribution is 2.41. The molecule has 0 N–H and O–H groups in total. The van der Waals surface area contributed by atoms with E-state index in [1.165, 1.54) is 7.11 Å². The van der Waals surface area contributed by atoms with Gasteiger partial charge in [-0.05, 0) is 41.8 Å². The number of hydrogen-bond acceptors (Lipinski definition) is 4. The van der Waals surface area contributed by atoms with Gasteiger partial charge in [-0.3, -0.25) is 4.79 Å². The van der Waals surface area contributed by atoms with Gasteiger partial charge in [0.25, 0.3) is 0 Å². The highest BCUT2D eigenvalue weighted by molar-refractivity contribution is 5.72. The molecule has 0 amide bonds. The maximum absolute atomic E-state index is 12.2. The molecule has 4 heteroatoms. The third kappa shape index (κ3) is 4.13. The molecule has 0 saturated carbocycles. The van der Waals surface area contributed by atoms with Crippen molar-refractivity contribution in [3.05, 3.63) is 59.7 Å². The number of rotatable bonds is 8. The third-order valence-corrected chi connectivity index (χ3v) is 4.64. The molecule has 25 heavy (non-hydrogen) atoms. The van der Waals surface area contributed by atoms with E-state index in [0.29, 0.717) is 0 Å². The summed E-state index contributed by atoms with van der Waals surface area (Å²) in [6.45, 7) is 2.12. The third-order valence-electron chi connectivity index (χ3n) is 4.64. The van der Waals surface area contributed by atoms with Crippen LogP contribution in [-0.4, -0.2) is 27.3 Å². The summed E-state index contributed by atoms with van der Waals surface area (Å²) in [5.74, 6) is 1.36. The zero-order valence-electron chi connectivity index (χ0n) is 15.4. The molecule has 0 fully saturated rings. The highest BCUT2D eigenvalue weighted by Gasteiger charge is 2.36. The first-order chi connectivity index (χ1) is 12.1. The molecule has 0 heterocycles. The average Bonchev–Trinajstić information content (AvgIpc) is 2.67. The molecule has 2 aromatic rings. The molecule has 0 aliphatic rings. The van der Waals surface area contributed by atoms with Gasteiger partial charge in [-0.1, -0.05) is 37.6 Å². The van der Waals surface area contributed by atoms with Crippen LogP contribution in [0.25, 0.3) is 0 Å². The Labute approximate surface area is 149 Å². The van der Waals surface area contributed by atoms with Crippen molar-refractivity contribution >= 4 is 5.97 Å². The lowest BCUT2D eigenvalue weighted by Gasteiger charge is -2.34. The summed E-state index contributed by atoms with van der Waals surface area (Å²) in [5, 5.41) is 0. The summed E-state index contributed by atoms with van der Waals surface area (Å²) >= 11 is 0. The van der Waals surface area contributed by atoms with E-state index in [1.54, 1.807) is 14.2 Å². The van der Waals surface area contributed by atoms with Crippen LogP contribution in [0.15, 0.2) is 48.5 Å². The summed E-state index contributed by atoms with van der Waals surface area (Å²) in [4.78, 5) is 12.2. The lowest BCUT2D eigenvalue weighted by Crippen LogP contribution is -2.31. The van der Waals surface area contributed by atoms with Gasteiger partial charge in [-0.15, -0.1) is 0 Å². The zero-order chi connectivity index (χ0) is 18.3. The number of esters is 1. The molecule has 134 valence electrons. The van der Waals surface area contributed by atoms with E-state index < -0.39 is 5.41 Å². The fraction of sp³-hybridized carbons (Fsp3) is 0.381. The van der Waals surface area contributed by atoms with E-state index in [4.69, 9.17) is 14.2 Å². The van der Waals surface area contributed by atoms with E-state index in [1.807, 2.05) is 48.5 Å². The van der Waals surface area contributed by atoms with E-state index >= 15 is 0 Å². The second kappa shape index (κ2) is 8.56. The number of ether oxygens (including phenoxy) is 3. The maximum Gasteiger partial charge on any atom is 0.306 e. The van der Waals surface area contributed by atoms with Crippen LogP contribution in [0, 0.1) is 0 Å². The SMILES string of the molecule is CCCC(CC(=O)OC)(c1ccc(OC)cc1)c1ccc(OC)cc1. The molecular weight excluding hydrogens is 316 g/mol. The van der Waals surface area contributed by atoms with Gasteiger partial charge in [-0.2, -0.15) is 0 Å². The van der Waals surface area contributed by atoms with Crippen LogP contribution in [0.4, 0.5) is 0 Å². The first kappa shape index (κ1) is 18.8. The molecule has 4 nitrogen and oxygen atoms in total. The van der Waals surface area contributed by atoms with Crippen LogP contribution in [0.3, 0.4) is 0 Å². The lowest BCUT2D eigenvalue weighted by molar-refractivity contribution is -0.141. The summed E-state index contributed by atoms with van der Waals surface area (Å²) < 4.78 is 15.5. The molecule has 0 unspecified atom stereocenters. The number of carbonyl (C=O) groups is 1. The topological polar surface area (TPSA) is 44.8 Å². The first-order valence-electron chi connectivity index (χ1n) is 8.45. The van der Waals surface area contributed by atoms with Gasteiger partial charge in [0.05, 0.1) is 27.8 Å². The van der Waals surface area contributed by atoms with Crippen LogP contribution in [-0.2, 0) is 14.9 Å². The lowest BCUT2D eigenvalue weighted by atomic mass is 9.69. The van der Waals surface area contributed by atoms with Gasteiger partial charge in [0, 0.05) is 5.41 Å². The zero-order valence-corrected chi connectivity index (χ0v) is 15.4. The summed E-state index contributed by atoms with van der Waals surface area (Å²) in [6, 6.07) is 15.8. The summed E-state index contributed by atoms with van der Waals surface area (Å²) in [7, 11) is 4.72. The van der Waals surface area contributed by atoms with Gasteiger partial charge in [0.2, 0.25) is 0 Å². The Balaban J connectivity index is 2.58. The fourth-order valence-corrected chi connectivity index (χ4v) is 3.31. The smallest absolute Gasteiger partial charge is 0.306 e. The van der Waals surface area contributed by atoms with Gasteiger partial charge in [0.15, 0.2) is 0 Å². The number of hydrogen-bond donors (Lipinski definition) is 0. The number of methoxy groups -OCH3 is 3. The van der Waals surface area contributed by atoms with Crippen molar-refractivity contribution in [2.75, 3.05) is 21.3 Å². The quantitative estimate of drug-likeness (QED) is 0.669. The summed E-state index contributed by atoms with van der Waals surface area (Å²) in [5.41, 5.74) is 1.71. The number of carbonyl (C=O) groups excluding carboxylic acids is 1. The molecule has 0 saturated heterocycles. The van der Waals surface area contributed by atoms with Crippen LogP contribution >= 0.6 is 0 Å². The maximum atomic E-state index is 12.2. The van der Waals surface area contributed by atoms with Gasteiger partial charge >= 0.3 is 5.97 Å². The number of benzene rings is 2. The molecule has 0 aliphatic carbocycles. The minimum atomic E-state index is -0.444. The standard InChI is InChI=1S/C21H26O4/c1-5-14-21(15-20(22)25-4,16-6-10-18(23-2)11-7-16)17-8-12-19(24-3)13-9-17/h6-13H,5,14-15H2,1-4H3. The highest BCUT2D eigenvalue weighted by atomic mass is 16.5. The van der Waals surface area contributed by atoms with Crippen molar-refractivity contribution in [3.63, 3.8) is 0 Å². The molecule has 0 aromatic heterocycles. The van der Waals surface area contributed by atoms with Gasteiger partial charge in [0.1, 0.15) is 11.5 Å². The Morgan fingerprint density at radius 1 is 0.840 bits per heavy atom. The Hall–Kier alpha value is -2.49. The van der Waals surface area contributed by atoms with Crippen LogP contribution in [0.5, 0.6) is 11.5 Å². The average molecular weight is 342 g/mol. The second-order valence-electron chi connectivity index (χ2n) is 6.04. The normalized spacial score (nSPS) is 11.0.